The lowest BCUT2D eigenvalue weighted by Gasteiger charge is -2.21. The first kappa shape index (κ1) is 17.0. The van der Waals surface area contributed by atoms with E-state index in [0.29, 0.717) is 0 Å². The number of fused-ring (bicyclic) bond motifs is 1. The summed E-state index contributed by atoms with van der Waals surface area (Å²) in [6.45, 7) is 8.24. The molecular weight excluding hydrogens is 312 g/mol. The molecule has 1 amide bonds. The topological polar surface area (TPSA) is 49.6 Å². The van der Waals surface area contributed by atoms with E-state index < -0.39 is 0 Å². The molecule has 0 spiro atoms. The van der Waals surface area contributed by atoms with Crippen LogP contribution < -0.4 is 10.2 Å². The van der Waals surface area contributed by atoms with E-state index in [2.05, 4.69) is 29.0 Å². The highest BCUT2D eigenvalue weighted by atomic mass is 16.1. The zero-order valence-electron chi connectivity index (χ0n) is 15.0. The number of benzene rings is 1. The number of hydrogen-bond donors (Lipinski definition) is 1. The molecule has 0 unspecified atom stereocenters. The lowest BCUT2D eigenvalue weighted by Crippen LogP contribution is -2.21. The number of hydrogen-bond acceptors (Lipinski definition) is 3. The Hall–Kier alpha value is -2.82. The predicted molar refractivity (Wildman–Crippen MR) is 102 cm³/mol. The highest BCUT2D eigenvalue weighted by molar-refractivity contribution is 5.92. The van der Waals surface area contributed by atoms with E-state index in [1.165, 1.54) is 5.69 Å². The second kappa shape index (κ2) is 7.38. The van der Waals surface area contributed by atoms with Crippen LogP contribution in [0.3, 0.4) is 0 Å². The lowest BCUT2D eigenvalue weighted by atomic mass is 10.2. The highest BCUT2D eigenvalue weighted by Gasteiger charge is 2.09. The van der Waals surface area contributed by atoms with Gasteiger partial charge in [0.15, 0.2) is 0 Å². The minimum Gasteiger partial charge on any atom is -0.372 e. The number of amides is 1. The van der Waals surface area contributed by atoms with Gasteiger partial charge in [-0.25, -0.2) is 4.98 Å². The van der Waals surface area contributed by atoms with Crippen molar-refractivity contribution in [3.8, 4) is 0 Å². The van der Waals surface area contributed by atoms with Crippen LogP contribution >= 0.6 is 0 Å². The van der Waals surface area contributed by atoms with Crippen molar-refractivity contribution in [1.29, 1.82) is 0 Å². The third-order valence-corrected chi connectivity index (χ3v) is 4.29. The Morgan fingerprint density at radius 3 is 2.56 bits per heavy atom. The summed E-state index contributed by atoms with van der Waals surface area (Å²) in [4.78, 5) is 19.1. The summed E-state index contributed by atoms with van der Waals surface area (Å²) in [7, 11) is 0. The number of nitrogens with one attached hydrogen (secondary N) is 1. The minimum atomic E-state index is -0.0595. The monoisotopic (exact) mass is 336 g/mol. The number of carbonyl (C=O) groups excluding carboxylic acids is 1. The summed E-state index contributed by atoms with van der Waals surface area (Å²) in [5, 5.41) is 2.94. The average Bonchev–Trinajstić information content (AvgIpc) is 2.98. The first-order chi connectivity index (χ1) is 12.1. The zero-order valence-corrected chi connectivity index (χ0v) is 15.0. The van der Waals surface area contributed by atoms with Crippen LogP contribution in [0.4, 0.5) is 11.4 Å². The van der Waals surface area contributed by atoms with Crippen LogP contribution in [0.2, 0.25) is 0 Å². The second-order valence-corrected chi connectivity index (χ2v) is 6.15. The van der Waals surface area contributed by atoms with E-state index in [-0.39, 0.29) is 12.3 Å². The maximum absolute atomic E-state index is 12.3. The number of pyridine rings is 1. The fraction of sp³-hybridized carbons (Fsp3) is 0.300. The van der Waals surface area contributed by atoms with Gasteiger partial charge in [0.25, 0.3) is 0 Å². The van der Waals surface area contributed by atoms with E-state index in [0.717, 1.165) is 35.7 Å². The molecule has 5 nitrogen and oxygen atoms in total. The van der Waals surface area contributed by atoms with Gasteiger partial charge in [0.2, 0.25) is 5.91 Å². The summed E-state index contributed by atoms with van der Waals surface area (Å²) in [5.41, 5.74) is 4.76. The lowest BCUT2D eigenvalue weighted by molar-refractivity contribution is -0.115. The van der Waals surface area contributed by atoms with Crippen LogP contribution in [0.15, 0.2) is 48.8 Å². The molecule has 130 valence electrons. The molecule has 2 aromatic heterocycles. The zero-order chi connectivity index (χ0) is 17.8. The molecule has 0 saturated heterocycles. The van der Waals surface area contributed by atoms with Gasteiger partial charge in [-0.15, -0.1) is 0 Å². The molecule has 1 aromatic carbocycles. The van der Waals surface area contributed by atoms with Gasteiger partial charge in [-0.2, -0.15) is 0 Å². The van der Waals surface area contributed by atoms with Crippen molar-refractivity contribution in [2.24, 2.45) is 0 Å². The van der Waals surface area contributed by atoms with Gasteiger partial charge in [-0.3, -0.25) is 4.79 Å². The third-order valence-electron chi connectivity index (χ3n) is 4.29. The van der Waals surface area contributed by atoms with Gasteiger partial charge < -0.3 is 14.6 Å². The first-order valence-electron chi connectivity index (χ1n) is 8.68. The van der Waals surface area contributed by atoms with Gasteiger partial charge in [0.05, 0.1) is 12.1 Å². The van der Waals surface area contributed by atoms with Crippen LogP contribution in [0.5, 0.6) is 0 Å². The van der Waals surface area contributed by atoms with E-state index in [4.69, 9.17) is 0 Å². The van der Waals surface area contributed by atoms with Crippen molar-refractivity contribution < 1.29 is 4.79 Å². The molecule has 0 radical (unpaired) electrons. The molecule has 0 aliphatic rings. The molecule has 2 heterocycles. The number of anilines is 2. The molecule has 0 bridgehead atoms. The van der Waals surface area contributed by atoms with Gasteiger partial charge >= 0.3 is 0 Å². The Balaban J connectivity index is 1.65. The second-order valence-electron chi connectivity index (χ2n) is 6.15. The van der Waals surface area contributed by atoms with Gasteiger partial charge in [0.1, 0.15) is 5.65 Å². The van der Waals surface area contributed by atoms with Crippen LogP contribution in [-0.4, -0.2) is 28.4 Å². The number of aromatic nitrogens is 2. The Morgan fingerprint density at radius 2 is 1.88 bits per heavy atom. The third kappa shape index (κ3) is 3.99. The fourth-order valence-corrected chi connectivity index (χ4v) is 2.94. The van der Waals surface area contributed by atoms with Gasteiger partial charge in [0, 0.05) is 36.9 Å². The molecule has 1 N–H and O–H groups in total. The summed E-state index contributed by atoms with van der Waals surface area (Å²) in [6.07, 6.45) is 4.13. The Kier molecular flexibility index (Phi) is 5.03. The van der Waals surface area contributed by atoms with E-state index in [9.17, 15) is 4.79 Å². The minimum absolute atomic E-state index is 0.0595. The van der Waals surface area contributed by atoms with Gasteiger partial charge in [-0.1, -0.05) is 0 Å². The van der Waals surface area contributed by atoms with E-state index in [1.807, 2.05) is 60.1 Å². The Morgan fingerprint density at radius 1 is 1.16 bits per heavy atom. The van der Waals surface area contributed by atoms with E-state index >= 15 is 0 Å². The van der Waals surface area contributed by atoms with Crippen molar-refractivity contribution >= 4 is 22.9 Å². The normalized spacial score (nSPS) is 10.8. The van der Waals surface area contributed by atoms with Crippen LogP contribution in [0, 0.1) is 6.92 Å². The van der Waals surface area contributed by atoms with Gasteiger partial charge in [-0.05, 0) is 62.7 Å². The number of imidazole rings is 1. The smallest absolute Gasteiger partial charge is 0.230 e. The van der Waals surface area contributed by atoms with Crippen molar-refractivity contribution in [2.75, 3.05) is 23.3 Å². The quantitative estimate of drug-likeness (QED) is 0.747. The van der Waals surface area contributed by atoms with Crippen LogP contribution in [0.25, 0.3) is 5.65 Å². The molecule has 0 saturated carbocycles. The molecule has 0 atom stereocenters. The molecule has 0 aliphatic heterocycles. The maximum Gasteiger partial charge on any atom is 0.230 e. The summed E-state index contributed by atoms with van der Waals surface area (Å²) in [6, 6.07) is 12.0. The van der Waals surface area contributed by atoms with Crippen molar-refractivity contribution in [1.82, 2.24) is 9.38 Å². The first-order valence-corrected chi connectivity index (χ1v) is 8.68. The van der Waals surface area contributed by atoms with Crippen molar-refractivity contribution in [2.45, 2.75) is 27.2 Å². The molecule has 5 heteroatoms. The molecule has 0 fully saturated rings. The summed E-state index contributed by atoms with van der Waals surface area (Å²) in [5.74, 6) is -0.0595. The number of aryl methyl sites for hydroxylation is 1. The molecule has 25 heavy (non-hydrogen) atoms. The number of nitrogens with zero attached hydrogens (tertiary/aromatic N) is 3. The summed E-state index contributed by atoms with van der Waals surface area (Å²) >= 11 is 0. The number of carbonyl (C=O) groups is 1. The molecular formula is C20H24N4O. The van der Waals surface area contributed by atoms with Crippen molar-refractivity contribution in [3.05, 3.63) is 60.0 Å². The standard InChI is InChI=1S/C20H24N4O/c1-4-23(5-2)18-8-6-16(7-9-18)22-20(25)13-17-14-24-11-10-15(3)12-19(24)21-17/h6-12,14H,4-5,13H2,1-3H3,(H,22,25). The van der Waals surface area contributed by atoms with Crippen LogP contribution in [0.1, 0.15) is 25.1 Å². The fourth-order valence-electron chi connectivity index (χ4n) is 2.94. The summed E-state index contributed by atoms with van der Waals surface area (Å²) < 4.78 is 1.94. The molecule has 3 rings (SSSR count). The maximum atomic E-state index is 12.3. The Bertz CT molecular complexity index is 863. The average molecular weight is 336 g/mol. The largest absolute Gasteiger partial charge is 0.372 e. The highest BCUT2D eigenvalue weighted by Crippen LogP contribution is 2.18. The van der Waals surface area contributed by atoms with Crippen molar-refractivity contribution in [3.63, 3.8) is 0 Å². The van der Waals surface area contributed by atoms with Crippen LogP contribution in [-0.2, 0) is 11.2 Å². The Labute approximate surface area is 148 Å². The molecule has 0 aliphatic carbocycles. The number of rotatable bonds is 6. The van der Waals surface area contributed by atoms with E-state index in [1.54, 1.807) is 0 Å². The SMILES string of the molecule is CCN(CC)c1ccc(NC(=O)Cc2cn3ccc(C)cc3n2)cc1. The predicted octanol–water partition coefficient (Wildman–Crippen LogP) is 3.67. The molecule has 3 aromatic rings.